The van der Waals surface area contributed by atoms with Crippen molar-refractivity contribution in [2.45, 2.75) is 76.6 Å². The Labute approximate surface area is 235 Å². The van der Waals surface area contributed by atoms with Gasteiger partial charge in [0.15, 0.2) is 0 Å². The third-order valence-corrected chi connectivity index (χ3v) is 8.16. The van der Waals surface area contributed by atoms with E-state index in [1.807, 2.05) is 12.1 Å². The molecule has 0 aromatic heterocycles. The van der Waals surface area contributed by atoms with Crippen molar-refractivity contribution in [3.05, 3.63) is 71.8 Å². The van der Waals surface area contributed by atoms with Crippen molar-refractivity contribution in [3.63, 3.8) is 0 Å². The molecule has 4 N–H and O–H groups in total. The van der Waals surface area contributed by atoms with Gasteiger partial charge < -0.3 is 25.8 Å². The molecule has 214 valence electrons. The van der Waals surface area contributed by atoms with Crippen LogP contribution in [0.25, 0.3) is 0 Å². The summed E-state index contributed by atoms with van der Waals surface area (Å²) in [7, 11) is 0. The summed E-state index contributed by atoms with van der Waals surface area (Å²) in [5.74, 6) is -2.68. The molecule has 2 aliphatic rings. The Kier molecular flexibility index (Phi) is 10.2. The van der Waals surface area contributed by atoms with E-state index < -0.39 is 36.0 Å². The van der Waals surface area contributed by atoms with Gasteiger partial charge in [0.25, 0.3) is 0 Å². The number of hydrogen-bond acceptors (Lipinski definition) is 5. The summed E-state index contributed by atoms with van der Waals surface area (Å²) in [6, 6.07) is 15.6. The Bertz CT molecular complexity index is 1140. The number of alkyl carbamates (subject to hydrolysis) is 1. The summed E-state index contributed by atoms with van der Waals surface area (Å²) in [4.78, 5) is 51.7. The molecule has 0 saturated heterocycles. The van der Waals surface area contributed by atoms with Gasteiger partial charge in [-0.2, -0.15) is 0 Å². The van der Waals surface area contributed by atoms with Crippen molar-refractivity contribution in [3.8, 4) is 0 Å². The molecule has 3 atom stereocenters. The van der Waals surface area contributed by atoms with Gasteiger partial charge in [0.05, 0.1) is 5.92 Å². The highest BCUT2D eigenvalue weighted by molar-refractivity contribution is 5.94. The number of benzene rings is 2. The summed E-state index contributed by atoms with van der Waals surface area (Å²) in [5.41, 5.74) is 1.44. The summed E-state index contributed by atoms with van der Waals surface area (Å²) in [6.45, 7) is 1.53. The van der Waals surface area contributed by atoms with E-state index >= 15 is 0 Å². The maximum atomic E-state index is 13.5. The summed E-state index contributed by atoms with van der Waals surface area (Å²) in [6.07, 6.45) is 5.80. The summed E-state index contributed by atoms with van der Waals surface area (Å²) in [5, 5.41) is 18.3. The molecule has 40 heavy (non-hydrogen) atoms. The van der Waals surface area contributed by atoms with Crippen molar-refractivity contribution >= 4 is 23.9 Å². The topological polar surface area (TPSA) is 134 Å². The standard InChI is InChI=1S/C31H39N3O6/c1-20(28(35)33-26(23-14-8-15-23)24-16-9-17-24)32-29(36)27(25(30(37)38)18-21-10-4-2-5-11-21)34-31(39)40-19-22-12-6-3-7-13-22/h2-7,10-13,20,23-27H,8-9,14-19H2,1H3,(H,32,36)(H,33,35)(H,34,39)(H,37,38)/t20?,25?,27-/m0/s1. The Balaban J connectivity index is 1.44. The quantitative estimate of drug-likeness (QED) is 0.300. The number of aliphatic carboxylic acids is 1. The Morgan fingerprint density at radius 2 is 1.35 bits per heavy atom. The molecule has 9 nitrogen and oxygen atoms in total. The van der Waals surface area contributed by atoms with Gasteiger partial charge in [-0.05, 0) is 62.0 Å². The molecule has 2 aliphatic carbocycles. The number of rotatable bonds is 13. The number of amides is 3. The predicted octanol–water partition coefficient (Wildman–Crippen LogP) is 3.81. The monoisotopic (exact) mass is 549 g/mol. The zero-order valence-corrected chi connectivity index (χ0v) is 22.9. The van der Waals surface area contributed by atoms with Crippen molar-refractivity contribution in [2.24, 2.45) is 17.8 Å². The van der Waals surface area contributed by atoms with E-state index in [0.29, 0.717) is 17.4 Å². The zero-order chi connectivity index (χ0) is 28.5. The summed E-state index contributed by atoms with van der Waals surface area (Å²) >= 11 is 0. The van der Waals surface area contributed by atoms with Crippen LogP contribution in [0, 0.1) is 17.8 Å². The SMILES string of the molecule is CC(NC(=O)[C@@H](NC(=O)OCc1ccccc1)C(Cc1ccccc1)C(=O)O)C(=O)NC(C1CCC1)C1CCC1. The Hall–Kier alpha value is -3.88. The number of carbonyl (C=O) groups excluding carboxylic acids is 3. The predicted molar refractivity (Wildman–Crippen MR) is 149 cm³/mol. The van der Waals surface area contributed by atoms with Gasteiger partial charge in [0.2, 0.25) is 11.8 Å². The fraction of sp³-hybridized carbons (Fsp3) is 0.484. The number of ether oxygens (including phenoxy) is 1. The smallest absolute Gasteiger partial charge is 0.408 e. The fourth-order valence-electron chi connectivity index (χ4n) is 5.33. The molecule has 0 aliphatic heterocycles. The lowest BCUT2D eigenvalue weighted by Gasteiger charge is -2.43. The average molecular weight is 550 g/mol. The number of carbonyl (C=O) groups is 4. The number of carboxylic acid groups (broad SMARTS) is 1. The van der Waals surface area contributed by atoms with Gasteiger partial charge >= 0.3 is 12.1 Å². The number of hydrogen-bond donors (Lipinski definition) is 4. The first-order valence-electron chi connectivity index (χ1n) is 14.2. The van der Waals surface area contributed by atoms with Gasteiger partial charge in [-0.3, -0.25) is 14.4 Å². The fourth-order valence-corrected chi connectivity index (χ4v) is 5.33. The van der Waals surface area contributed by atoms with Crippen LogP contribution >= 0.6 is 0 Å². The van der Waals surface area contributed by atoms with Gasteiger partial charge in [-0.1, -0.05) is 73.5 Å². The minimum absolute atomic E-state index is 0.000757. The molecule has 2 saturated carbocycles. The van der Waals surface area contributed by atoms with Gasteiger partial charge in [0.1, 0.15) is 18.7 Å². The van der Waals surface area contributed by atoms with E-state index in [4.69, 9.17) is 4.74 Å². The molecule has 3 amide bonds. The first-order chi connectivity index (χ1) is 19.3. The zero-order valence-electron chi connectivity index (χ0n) is 22.9. The van der Waals surface area contributed by atoms with E-state index in [1.54, 1.807) is 55.5 Å². The van der Waals surface area contributed by atoms with Crippen LogP contribution in [0.1, 0.15) is 56.6 Å². The Morgan fingerprint density at radius 1 is 0.800 bits per heavy atom. The number of nitrogens with one attached hydrogen (secondary N) is 3. The average Bonchev–Trinajstić information content (AvgIpc) is 2.88. The van der Waals surface area contributed by atoms with Crippen molar-refractivity contribution in [2.75, 3.05) is 0 Å². The Morgan fingerprint density at radius 3 is 1.85 bits per heavy atom. The molecule has 4 rings (SSSR count). The van der Waals surface area contributed by atoms with E-state index in [1.165, 1.54) is 12.8 Å². The maximum Gasteiger partial charge on any atom is 0.408 e. The summed E-state index contributed by atoms with van der Waals surface area (Å²) < 4.78 is 5.28. The van der Waals surface area contributed by atoms with E-state index in [-0.39, 0.29) is 25.0 Å². The molecule has 2 fully saturated rings. The first-order valence-corrected chi connectivity index (χ1v) is 14.2. The van der Waals surface area contributed by atoms with Crippen LogP contribution in [0.2, 0.25) is 0 Å². The second-order valence-corrected chi connectivity index (χ2v) is 11.0. The second-order valence-electron chi connectivity index (χ2n) is 11.0. The largest absolute Gasteiger partial charge is 0.481 e. The van der Waals surface area contributed by atoms with Crippen LogP contribution in [0.3, 0.4) is 0 Å². The van der Waals surface area contributed by atoms with Gasteiger partial charge in [-0.15, -0.1) is 0 Å². The molecule has 0 bridgehead atoms. The van der Waals surface area contributed by atoms with Crippen LogP contribution in [0.4, 0.5) is 4.79 Å². The molecular formula is C31H39N3O6. The van der Waals surface area contributed by atoms with Crippen LogP contribution < -0.4 is 16.0 Å². The van der Waals surface area contributed by atoms with Gasteiger partial charge in [0, 0.05) is 6.04 Å². The minimum Gasteiger partial charge on any atom is -0.481 e. The molecule has 2 unspecified atom stereocenters. The minimum atomic E-state index is -1.47. The lowest BCUT2D eigenvalue weighted by atomic mass is 9.68. The van der Waals surface area contributed by atoms with Crippen LogP contribution in [-0.2, 0) is 32.1 Å². The third kappa shape index (κ3) is 7.83. The van der Waals surface area contributed by atoms with Crippen LogP contribution in [0.15, 0.2) is 60.7 Å². The van der Waals surface area contributed by atoms with Crippen LogP contribution in [0.5, 0.6) is 0 Å². The lowest BCUT2D eigenvalue weighted by molar-refractivity contribution is -0.145. The van der Waals surface area contributed by atoms with E-state index in [9.17, 15) is 24.3 Å². The molecule has 0 heterocycles. The molecule has 9 heteroatoms. The van der Waals surface area contributed by atoms with E-state index in [0.717, 1.165) is 31.2 Å². The second kappa shape index (κ2) is 14.0. The first kappa shape index (κ1) is 29.1. The number of carboxylic acids is 1. The molecule has 2 aromatic carbocycles. The van der Waals surface area contributed by atoms with Crippen LogP contribution in [-0.4, -0.2) is 47.1 Å². The highest BCUT2D eigenvalue weighted by Gasteiger charge is 2.39. The van der Waals surface area contributed by atoms with Crippen molar-refractivity contribution in [1.29, 1.82) is 0 Å². The maximum absolute atomic E-state index is 13.5. The molecule has 0 spiro atoms. The molecule has 2 aromatic rings. The van der Waals surface area contributed by atoms with E-state index in [2.05, 4.69) is 16.0 Å². The van der Waals surface area contributed by atoms with Crippen molar-refractivity contribution < 1.29 is 29.0 Å². The lowest BCUT2D eigenvalue weighted by Crippen LogP contribution is -2.59. The molecule has 0 radical (unpaired) electrons. The third-order valence-electron chi connectivity index (χ3n) is 8.16. The molecular weight excluding hydrogens is 510 g/mol. The highest BCUT2D eigenvalue weighted by Crippen LogP contribution is 2.40. The van der Waals surface area contributed by atoms with Crippen molar-refractivity contribution in [1.82, 2.24) is 16.0 Å². The highest BCUT2D eigenvalue weighted by atomic mass is 16.5. The van der Waals surface area contributed by atoms with Gasteiger partial charge in [-0.25, -0.2) is 4.79 Å². The normalized spacial score (nSPS) is 17.4.